The summed E-state index contributed by atoms with van der Waals surface area (Å²) in [7, 11) is 0. The Balaban J connectivity index is 0. The van der Waals surface area contributed by atoms with Crippen LogP contribution >= 0.6 is 0 Å². The summed E-state index contributed by atoms with van der Waals surface area (Å²) in [6.45, 7) is 4.42. The molecule has 0 unspecified atom stereocenters. The Kier molecular flexibility index (Phi) is 15.6. The average Bonchev–Trinajstić information content (AvgIpc) is 1.41. The van der Waals surface area contributed by atoms with Crippen LogP contribution in [0.4, 0.5) is 0 Å². The van der Waals surface area contributed by atoms with Crippen molar-refractivity contribution in [3.05, 3.63) is 0 Å². The Labute approximate surface area is 60.5 Å². The molecule has 0 bridgehead atoms. The molecule has 0 aromatic rings. The minimum absolute atomic E-state index is 0. The third-order valence-corrected chi connectivity index (χ3v) is 0.707. The second kappa shape index (κ2) is 9.33. The van der Waals surface area contributed by atoms with Crippen molar-refractivity contribution >= 4 is 27.3 Å². The number of unbranched alkanes of at least 4 members (excludes halogenated alkanes) is 2. The Bertz CT molecular complexity index is 11.4. The first kappa shape index (κ1) is 10.0. The molecule has 0 saturated carbocycles. The third kappa shape index (κ3) is 8.87. The number of rotatable bonds is 2. The minimum atomic E-state index is 0. The monoisotopic (exact) mass is 282 g/mol. The van der Waals surface area contributed by atoms with Crippen LogP contribution in [0.1, 0.15) is 33.1 Å². The molecule has 0 saturated heterocycles. The van der Waals surface area contributed by atoms with Crippen LogP contribution in [0.3, 0.4) is 0 Å². The molecular weight excluding hydrogens is 267 g/mol. The molecule has 0 aliphatic heterocycles. The Hall–Kier alpha value is 0.922. The molecule has 0 aliphatic carbocycles. The summed E-state index contributed by atoms with van der Waals surface area (Å²) < 4.78 is 0. The zero-order chi connectivity index (χ0) is 4.12. The van der Waals surface area contributed by atoms with Gasteiger partial charge in [-0.1, -0.05) is 33.1 Å². The van der Waals surface area contributed by atoms with Crippen molar-refractivity contribution in [2.24, 2.45) is 0 Å². The van der Waals surface area contributed by atoms with Crippen molar-refractivity contribution in [3.63, 3.8) is 0 Å². The van der Waals surface area contributed by atoms with Crippen molar-refractivity contribution in [2.45, 2.75) is 33.1 Å². The Morgan fingerprint density at radius 2 is 1.33 bits per heavy atom. The van der Waals surface area contributed by atoms with Gasteiger partial charge in [-0.05, 0) is 0 Å². The molecule has 0 amide bonds. The molecule has 0 rings (SSSR count). The van der Waals surface area contributed by atoms with Gasteiger partial charge in [-0.2, -0.15) is 0 Å². The number of hydrogen-bond acceptors (Lipinski definition) is 0. The van der Waals surface area contributed by atoms with E-state index in [1.54, 1.807) is 0 Å². The van der Waals surface area contributed by atoms with Crippen molar-refractivity contribution in [2.75, 3.05) is 0 Å². The molecule has 1 heteroatoms. The molecule has 38 valence electrons. The normalized spacial score (nSPS) is 7.00. The Morgan fingerprint density at radius 1 is 1.00 bits per heavy atom. The second-order valence-corrected chi connectivity index (χ2v) is 1.35. The third-order valence-electron chi connectivity index (χ3n) is 0.707. The van der Waals surface area contributed by atoms with Gasteiger partial charge in [0.15, 0.2) is 0 Å². The van der Waals surface area contributed by atoms with Gasteiger partial charge in [0, 0.05) is 0 Å². The van der Waals surface area contributed by atoms with E-state index in [-0.39, 0.29) is 27.3 Å². The van der Waals surface area contributed by atoms with Crippen LogP contribution in [0.25, 0.3) is 0 Å². The van der Waals surface area contributed by atoms with E-state index in [9.17, 15) is 0 Å². The second-order valence-electron chi connectivity index (χ2n) is 1.35. The molecule has 0 aliphatic rings. The summed E-state index contributed by atoms with van der Waals surface area (Å²) >= 11 is 0. The SMILES string of the molecule is CCCCC.[PbH2]. The Morgan fingerprint density at radius 3 is 1.33 bits per heavy atom. The van der Waals surface area contributed by atoms with Crippen molar-refractivity contribution in [3.8, 4) is 0 Å². The quantitative estimate of drug-likeness (QED) is 0.669. The predicted molar refractivity (Wildman–Crippen MR) is 33.7 cm³/mol. The van der Waals surface area contributed by atoms with Crippen LogP contribution in [-0.4, -0.2) is 27.3 Å². The van der Waals surface area contributed by atoms with Crippen LogP contribution < -0.4 is 0 Å². The predicted octanol–water partition coefficient (Wildman–Crippen LogP) is 1.28. The van der Waals surface area contributed by atoms with Crippen molar-refractivity contribution in [1.29, 1.82) is 0 Å². The van der Waals surface area contributed by atoms with E-state index in [1.165, 1.54) is 19.3 Å². The summed E-state index contributed by atoms with van der Waals surface area (Å²) in [6.07, 6.45) is 4.08. The molecule has 0 aromatic carbocycles. The topological polar surface area (TPSA) is 0 Å². The van der Waals surface area contributed by atoms with Gasteiger partial charge in [0.2, 0.25) is 0 Å². The summed E-state index contributed by atoms with van der Waals surface area (Å²) in [4.78, 5) is 0. The average molecular weight is 281 g/mol. The molecule has 0 heterocycles. The zero-order valence-electron chi connectivity index (χ0n) is 4.83. The van der Waals surface area contributed by atoms with E-state index in [0.717, 1.165) is 0 Å². The summed E-state index contributed by atoms with van der Waals surface area (Å²) in [5.41, 5.74) is 0. The molecule has 0 spiro atoms. The summed E-state index contributed by atoms with van der Waals surface area (Å²) in [6, 6.07) is 0. The first-order chi connectivity index (χ1) is 2.41. The van der Waals surface area contributed by atoms with Gasteiger partial charge < -0.3 is 0 Å². The van der Waals surface area contributed by atoms with E-state index in [1.807, 2.05) is 0 Å². The van der Waals surface area contributed by atoms with Gasteiger partial charge in [-0.15, -0.1) is 0 Å². The maximum absolute atomic E-state index is 2.21. The van der Waals surface area contributed by atoms with Gasteiger partial charge >= 0.3 is 27.3 Å². The number of hydrogen-bond donors (Lipinski definition) is 0. The fraction of sp³-hybridized carbons (Fsp3) is 1.00. The first-order valence-electron chi connectivity index (χ1n) is 2.41. The van der Waals surface area contributed by atoms with Crippen LogP contribution in [-0.2, 0) is 0 Å². The molecule has 0 N–H and O–H groups in total. The summed E-state index contributed by atoms with van der Waals surface area (Å²) in [5.74, 6) is 0. The van der Waals surface area contributed by atoms with Crippen LogP contribution in [0.15, 0.2) is 0 Å². The van der Waals surface area contributed by atoms with Gasteiger partial charge in [0.1, 0.15) is 0 Å². The van der Waals surface area contributed by atoms with Gasteiger partial charge in [-0.25, -0.2) is 0 Å². The zero-order valence-corrected chi connectivity index (χ0v) is 10.3. The standard InChI is InChI=1S/C5H12.Pb.2H/c1-3-5-4-2;;;/h3-5H2,1-2H3;;;. The van der Waals surface area contributed by atoms with Crippen LogP contribution in [0.2, 0.25) is 0 Å². The molecule has 0 atom stereocenters. The van der Waals surface area contributed by atoms with Crippen molar-refractivity contribution < 1.29 is 0 Å². The van der Waals surface area contributed by atoms with E-state index in [2.05, 4.69) is 13.8 Å². The summed E-state index contributed by atoms with van der Waals surface area (Å²) in [5, 5.41) is 0. The molecule has 6 heavy (non-hydrogen) atoms. The maximum atomic E-state index is 2.21. The molecular formula is C5H14Pb. The van der Waals surface area contributed by atoms with Crippen molar-refractivity contribution in [1.82, 2.24) is 0 Å². The van der Waals surface area contributed by atoms with Gasteiger partial charge in [-0.3, -0.25) is 0 Å². The van der Waals surface area contributed by atoms with Crippen LogP contribution in [0.5, 0.6) is 0 Å². The van der Waals surface area contributed by atoms with E-state index < -0.39 is 0 Å². The van der Waals surface area contributed by atoms with Gasteiger partial charge in [0.25, 0.3) is 0 Å². The van der Waals surface area contributed by atoms with E-state index in [4.69, 9.17) is 0 Å². The van der Waals surface area contributed by atoms with Crippen LogP contribution in [0, 0.1) is 0 Å². The van der Waals surface area contributed by atoms with E-state index >= 15 is 0 Å². The first-order valence-corrected chi connectivity index (χ1v) is 2.41. The molecule has 0 nitrogen and oxygen atoms in total. The fourth-order valence-corrected chi connectivity index (χ4v) is 0.354. The fourth-order valence-electron chi connectivity index (χ4n) is 0.354. The van der Waals surface area contributed by atoms with Gasteiger partial charge in [0.05, 0.1) is 0 Å². The molecule has 0 aromatic heterocycles. The molecule has 2 radical (unpaired) electrons. The molecule has 0 fully saturated rings. The van der Waals surface area contributed by atoms with E-state index in [0.29, 0.717) is 0 Å².